The van der Waals surface area contributed by atoms with Crippen LogP contribution in [-0.2, 0) is 35.2 Å². The molecule has 0 aliphatic heterocycles. The number of esters is 2. The largest absolute Gasteiger partial charge is 0.480 e. The second-order valence-corrected chi connectivity index (χ2v) is 9.27. The number of hydrogen-bond acceptors (Lipinski definition) is 7. The third-order valence-electron chi connectivity index (χ3n) is 5.62. The minimum absolute atomic E-state index is 0.0667. The number of carbonyl (C=O) groups excluding carboxylic acids is 2. The van der Waals surface area contributed by atoms with E-state index in [0.29, 0.717) is 24.5 Å². The fraction of sp³-hybridized carbons (Fsp3) is 0.556. The van der Waals surface area contributed by atoms with Crippen molar-refractivity contribution < 1.29 is 38.9 Å². The lowest BCUT2D eigenvalue weighted by atomic mass is 9.91. The van der Waals surface area contributed by atoms with E-state index in [1.54, 1.807) is 6.92 Å². The summed E-state index contributed by atoms with van der Waals surface area (Å²) in [7, 11) is 0. The van der Waals surface area contributed by atoms with Gasteiger partial charge < -0.3 is 19.7 Å². The highest BCUT2D eigenvalue weighted by atomic mass is 16.6. The van der Waals surface area contributed by atoms with Gasteiger partial charge in [-0.3, -0.25) is 19.3 Å². The van der Waals surface area contributed by atoms with Gasteiger partial charge in [-0.25, -0.2) is 4.79 Å². The first-order chi connectivity index (χ1) is 16.7. The predicted molar refractivity (Wildman–Crippen MR) is 137 cm³/mol. The summed E-state index contributed by atoms with van der Waals surface area (Å²) in [6.07, 6.45) is 1.76. The predicted octanol–water partition coefficient (Wildman–Crippen LogP) is 4.26. The van der Waals surface area contributed by atoms with Gasteiger partial charge in [0.2, 0.25) is 0 Å². The fourth-order valence-corrected chi connectivity index (χ4v) is 2.73. The SMILES string of the molecule is C=C(C)C(=O)OCCOC(=O)C(C)(C)CC.CCC(C)c1ccc(CN(CC(=O)O)CC(=O)O)cc1. The molecule has 0 aromatic heterocycles. The quantitative estimate of drug-likeness (QED) is 0.215. The molecule has 0 heterocycles. The lowest BCUT2D eigenvalue weighted by Crippen LogP contribution is -2.33. The Labute approximate surface area is 214 Å². The third kappa shape index (κ3) is 13.6. The average Bonchev–Trinajstić information content (AvgIpc) is 2.80. The molecule has 0 fully saturated rings. The molecule has 202 valence electrons. The maximum Gasteiger partial charge on any atom is 0.333 e. The number of carbonyl (C=O) groups is 4. The van der Waals surface area contributed by atoms with E-state index in [0.717, 1.165) is 12.0 Å². The number of benzene rings is 1. The van der Waals surface area contributed by atoms with E-state index in [9.17, 15) is 19.2 Å². The zero-order chi connectivity index (χ0) is 27.9. The van der Waals surface area contributed by atoms with Crippen molar-refractivity contribution in [1.82, 2.24) is 4.90 Å². The Morgan fingerprint density at radius 2 is 1.47 bits per heavy atom. The number of rotatable bonds is 14. The van der Waals surface area contributed by atoms with Gasteiger partial charge in [0.1, 0.15) is 13.2 Å². The topological polar surface area (TPSA) is 130 Å². The van der Waals surface area contributed by atoms with E-state index < -0.39 is 23.3 Å². The van der Waals surface area contributed by atoms with Gasteiger partial charge in [0, 0.05) is 12.1 Å². The summed E-state index contributed by atoms with van der Waals surface area (Å²) in [5.41, 5.74) is 2.00. The minimum atomic E-state index is -1.03. The first kappa shape index (κ1) is 32.8. The molecule has 1 atom stereocenters. The van der Waals surface area contributed by atoms with Crippen LogP contribution in [0.15, 0.2) is 36.4 Å². The summed E-state index contributed by atoms with van der Waals surface area (Å²) >= 11 is 0. The van der Waals surface area contributed by atoms with E-state index in [2.05, 4.69) is 20.4 Å². The Kier molecular flexibility index (Phi) is 15.0. The van der Waals surface area contributed by atoms with Gasteiger partial charge in [0.25, 0.3) is 0 Å². The van der Waals surface area contributed by atoms with Crippen LogP contribution in [-0.4, -0.2) is 65.3 Å². The van der Waals surface area contributed by atoms with Crippen molar-refractivity contribution in [2.75, 3.05) is 26.3 Å². The van der Waals surface area contributed by atoms with Gasteiger partial charge in [-0.15, -0.1) is 0 Å². The number of ether oxygens (including phenoxy) is 2. The first-order valence-electron chi connectivity index (χ1n) is 12.0. The van der Waals surface area contributed by atoms with Gasteiger partial charge >= 0.3 is 23.9 Å². The number of aliphatic carboxylic acids is 2. The molecule has 0 radical (unpaired) electrons. The van der Waals surface area contributed by atoms with Crippen LogP contribution in [0.1, 0.15) is 71.4 Å². The van der Waals surface area contributed by atoms with E-state index in [1.165, 1.54) is 10.5 Å². The monoisotopic (exact) mass is 507 g/mol. The Morgan fingerprint density at radius 1 is 0.972 bits per heavy atom. The molecule has 2 N–H and O–H groups in total. The molecule has 0 bridgehead atoms. The summed E-state index contributed by atoms with van der Waals surface area (Å²) in [5, 5.41) is 17.6. The van der Waals surface area contributed by atoms with Crippen molar-refractivity contribution in [2.24, 2.45) is 5.41 Å². The lowest BCUT2D eigenvalue weighted by molar-refractivity contribution is -0.158. The maximum absolute atomic E-state index is 11.5. The van der Waals surface area contributed by atoms with Crippen molar-refractivity contribution >= 4 is 23.9 Å². The molecule has 1 unspecified atom stereocenters. The molecule has 0 aliphatic carbocycles. The highest BCUT2D eigenvalue weighted by molar-refractivity contribution is 5.86. The number of carboxylic acid groups (broad SMARTS) is 2. The van der Waals surface area contributed by atoms with Crippen LogP contribution in [0.3, 0.4) is 0 Å². The summed E-state index contributed by atoms with van der Waals surface area (Å²) in [6.45, 7) is 14.7. The van der Waals surface area contributed by atoms with Crippen LogP contribution in [0.25, 0.3) is 0 Å². The molecule has 0 amide bonds. The van der Waals surface area contributed by atoms with Crippen molar-refractivity contribution in [3.05, 3.63) is 47.5 Å². The van der Waals surface area contributed by atoms with Gasteiger partial charge in [-0.1, -0.05) is 51.6 Å². The van der Waals surface area contributed by atoms with Crippen LogP contribution >= 0.6 is 0 Å². The molecule has 1 rings (SSSR count). The zero-order valence-corrected chi connectivity index (χ0v) is 22.3. The molecule has 1 aromatic carbocycles. The fourth-order valence-electron chi connectivity index (χ4n) is 2.73. The molecule has 9 heteroatoms. The molecule has 0 aliphatic rings. The maximum atomic E-state index is 11.5. The molecule has 1 aromatic rings. The van der Waals surface area contributed by atoms with Gasteiger partial charge in [0.05, 0.1) is 18.5 Å². The number of hydrogen-bond donors (Lipinski definition) is 2. The summed E-state index contributed by atoms with van der Waals surface area (Å²) < 4.78 is 9.77. The van der Waals surface area contributed by atoms with Crippen LogP contribution in [0.2, 0.25) is 0 Å². The summed E-state index contributed by atoms with van der Waals surface area (Å²) in [4.78, 5) is 45.3. The second-order valence-electron chi connectivity index (χ2n) is 9.27. The Balaban J connectivity index is 0.000000700. The van der Waals surface area contributed by atoms with Crippen molar-refractivity contribution in [3.8, 4) is 0 Å². The van der Waals surface area contributed by atoms with E-state index >= 15 is 0 Å². The van der Waals surface area contributed by atoms with E-state index in [1.807, 2.05) is 45.0 Å². The number of carboxylic acids is 2. The first-order valence-corrected chi connectivity index (χ1v) is 12.0. The molecular formula is C27H41NO8. The van der Waals surface area contributed by atoms with E-state index in [-0.39, 0.29) is 32.3 Å². The minimum Gasteiger partial charge on any atom is -0.480 e. The second kappa shape index (κ2) is 16.5. The summed E-state index contributed by atoms with van der Waals surface area (Å²) in [6, 6.07) is 7.89. The van der Waals surface area contributed by atoms with Crippen LogP contribution in [0, 0.1) is 5.41 Å². The van der Waals surface area contributed by atoms with Gasteiger partial charge in [-0.05, 0) is 50.7 Å². The average molecular weight is 508 g/mol. The van der Waals surface area contributed by atoms with Crippen LogP contribution in [0.4, 0.5) is 0 Å². The molecule has 9 nitrogen and oxygen atoms in total. The number of nitrogens with zero attached hydrogens (tertiary/aromatic N) is 1. The van der Waals surface area contributed by atoms with E-state index in [4.69, 9.17) is 19.7 Å². The molecular weight excluding hydrogens is 466 g/mol. The highest BCUT2D eigenvalue weighted by Crippen LogP contribution is 2.21. The Hall–Kier alpha value is -3.20. The molecule has 0 spiro atoms. The van der Waals surface area contributed by atoms with Crippen molar-refractivity contribution in [1.29, 1.82) is 0 Å². The molecule has 0 saturated heterocycles. The van der Waals surface area contributed by atoms with Crippen LogP contribution in [0.5, 0.6) is 0 Å². The van der Waals surface area contributed by atoms with Gasteiger partial charge in [0.15, 0.2) is 0 Å². The highest BCUT2D eigenvalue weighted by Gasteiger charge is 2.26. The Morgan fingerprint density at radius 3 is 1.89 bits per heavy atom. The summed E-state index contributed by atoms with van der Waals surface area (Å²) in [5.74, 6) is -2.31. The van der Waals surface area contributed by atoms with Crippen molar-refractivity contribution in [3.63, 3.8) is 0 Å². The Bertz CT molecular complexity index is 860. The standard InChI is InChI=1S/C15H21NO4.C12H20O4/c1-3-11(2)13-6-4-12(5-7-13)8-16(9-14(17)18)10-15(19)20;1-6-12(4,5)11(14)16-8-7-15-10(13)9(2)3/h4-7,11H,3,8-10H2,1-2H3,(H,17,18)(H,19,20);2,6-8H2,1,3-5H3. The van der Waals surface area contributed by atoms with Gasteiger partial charge in [-0.2, -0.15) is 0 Å². The normalized spacial score (nSPS) is 11.6. The lowest BCUT2D eigenvalue weighted by Gasteiger charge is -2.20. The van der Waals surface area contributed by atoms with Crippen LogP contribution < -0.4 is 0 Å². The molecule has 36 heavy (non-hydrogen) atoms. The molecule has 0 saturated carbocycles. The third-order valence-corrected chi connectivity index (χ3v) is 5.62. The van der Waals surface area contributed by atoms with Crippen molar-refractivity contribution in [2.45, 2.75) is 66.8 Å². The zero-order valence-electron chi connectivity index (χ0n) is 22.3. The smallest absolute Gasteiger partial charge is 0.333 e.